The Labute approximate surface area is 135 Å². The van der Waals surface area contributed by atoms with E-state index in [0.717, 1.165) is 30.5 Å². The van der Waals surface area contributed by atoms with E-state index in [0.29, 0.717) is 0 Å². The van der Waals surface area contributed by atoms with E-state index in [-0.39, 0.29) is 17.1 Å². The van der Waals surface area contributed by atoms with Gasteiger partial charge in [0.1, 0.15) is 5.24 Å². The first-order valence-corrected chi connectivity index (χ1v) is 6.31. The van der Waals surface area contributed by atoms with Crippen LogP contribution in [-0.4, -0.2) is 10.5 Å². The molecule has 0 saturated heterocycles. The molecule has 3 N–H and O–H groups in total. The van der Waals surface area contributed by atoms with Crippen LogP contribution in [-0.2, 0) is 48.7 Å². The second-order valence-electron chi connectivity index (χ2n) is 3.49. The molecule has 0 aliphatic carbocycles. The van der Waals surface area contributed by atoms with Crippen molar-refractivity contribution in [2.75, 3.05) is 5.32 Å². The quantitative estimate of drug-likeness (QED) is 0.648. The van der Waals surface area contributed by atoms with Gasteiger partial charge in [-0.2, -0.15) is 0 Å². The van der Waals surface area contributed by atoms with Gasteiger partial charge in [-0.25, -0.2) is 0 Å². The Kier molecular flexibility index (Phi) is 13.1. The largest absolute Gasteiger partial charge is 2.00 e. The molecule has 7 heteroatoms. The Morgan fingerprint density at radius 3 is 2.26 bits per heavy atom. The van der Waals surface area contributed by atoms with E-state index in [1.54, 1.807) is 0 Å². The van der Waals surface area contributed by atoms with Crippen LogP contribution in [0.3, 0.4) is 0 Å². The molecule has 1 rings (SSSR count). The topological polar surface area (TPSA) is 72.2 Å². The molecule has 0 saturated carbocycles. The Bertz CT molecular complexity index is 399. The first kappa shape index (κ1) is 20.4. The van der Waals surface area contributed by atoms with Gasteiger partial charge in [0.15, 0.2) is 0 Å². The number of nitrogens with one attached hydrogen (secondary N) is 1. The van der Waals surface area contributed by atoms with Gasteiger partial charge in [0.05, 0.1) is 5.24 Å². The van der Waals surface area contributed by atoms with Crippen molar-refractivity contribution in [2.45, 2.75) is 26.2 Å². The van der Waals surface area contributed by atoms with Crippen molar-refractivity contribution < 1.29 is 26.7 Å². The van der Waals surface area contributed by atoms with Gasteiger partial charge in [-0.05, 0) is 24.5 Å². The minimum absolute atomic E-state index is 0. The fourth-order valence-corrected chi connectivity index (χ4v) is 1.45. The molecule has 0 heterocycles. The molecule has 2 amide bonds. The van der Waals surface area contributed by atoms with Gasteiger partial charge in [-0.3, -0.25) is 0 Å². The molecule has 0 fully saturated rings. The maximum atomic E-state index is 10.7. The Balaban J connectivity index is 0. The van der Waals surface area contributed by atoms with Gasteiger partial charge in [0.2, 0.25) is 0 Å². The van der Waals surface area contributed by atoms with Crippen molar-refractivity contribution in [3.63, 3.8) is 0 Å². The average Bonchev–Trinajstić information content (AvgIpc) is 2.26. The van der Waals surface area contributed by atoms with E-state index in [1.807, 2.05) is 24.3 Å². The third-order valence-corrected chi connectivity index (χ3v) is 2.16. The standard InChI is InChI=1S/C11H15NOS.CH3NOS.Cu/c1-2-3-6-9-7-4-5-8-10(9)12-11(13)14;2-1(3)4;/h4-5,7-8H,2-3,6H2,1H3,(H2,12,13,14);(H3,2,3,4);/q;;+2/p-2. The predicted octanol–water partition coefficient (Wildman–Crippen LogP) is 2.72. The number of para-hydroxylation sites is 1. The number of amides is 2. The van der Waals surface area contributed by atoms with Crippen molar-refractivity contribution in [3.05, 3.63) is 29.8 Å². The van der Waals surface area contributed by atoms with Crippen molar-refractivity contribution >= 4 is 41.4 Å². The molecule has 109 valence electrons. The number of rotatable bonds is 4. The van der Waals surface area contributed by atoms with Gasteiger partial charge in [0, 0.05) is 5.69 Å². The number of hydrogen-bond acceptors (Lipinski definition) is 4. The first-order valence-electron chi connectivity index (χ1n) is 5.49. The molecule has 0 aliphatic heterocycles. The Morgan fingerprint density at radius 1 is 1.26 bits per heavy atom. The number of primary amides is 1. The second-order valence-corrected chi connectivity index (χ2v) is 4.27. The molecule has 0 unspecified atom stereocenters. The second kappa shape index (κ2) is 12.2. The van der Waals surface area contributed by atoms with E-state index in [2.05, 4.69) is 43.2 Å². The summed E-state index contributed by atoms with van der Waals surface area (Å²) in [6.07, 6.45) is 3.27. The van der Waals surface area contributed by atoms with Crippen LogP contribution in [0.4, 0.5) is 15.3 Å². The molecule has 1 aromatic carbocycles. The Hall–Kier alpha value is -0.881. The van der Waals surface area contributed by atoms with E-state index >= 15 is 0 Å². The number of hydrogen-bond donors (Lipinski definition) is 2. The van der Waals surface area contributed by atoms with Crippen LogP contribution in [0.5, 0.6) is 0 Å². The number of unbranched alkanes of at least 4 members (excludes halogenated alkanes) is 1. The smallest absolute Gasteiger partial charge is 0.719 e. The average molecular weight is 348 g/mol. The fraction of sp³-hybridized carbons (Fsp3) is 0.333. The molecular weight excluding hydrogens is 332 g/mol. The van der Waals surface area contributed by atoms with Crippen LogP contribution < -0.4 is 11.1 Å². The third kappa shape index (κ3) is 11.9. The van der Waals surface area contributed by atoms with Crippen molar-refractivity contribution in [2.24, 2.45) is 5.73 Å². The first-order chi connectivity index (χ1) is 8.47. The summed E-state index contributed by atoms with van der Waals surface area (Å²) in [7, 11) is 0. The summed E-state index contributed by atoms with van der Waals surface area (Å²) in [6.45, 7) is 2.15. The molecule has 0 spiro atoms. The molecule has 1 aromatic rings. The summed E-state index contributed by atoms with van der Waals surface area (Å²) in [5.74, 6) is 0. The number of benzene rings is 1. The Morgan fingerprint density at radius 2 is 1.79 bits per heavy atom. The summed E-state index contributed by atoms with van der Waals surface area (Å²) in [5, 5.41) is 1.49. The van der Waals surface area contributed by atoms with Crippen LogP contribution in [0.1, 0.15) is 25.3 Å². The zero-order valence-corrected chi connectivity index (χ0v) is 13.0. The number of nitrogens with two attached hydrogens (primary N) is 1. The summed E-state index contributed by atoms with van der Waals surface area (Å²) >= 11 is 8.24. The number of aryl methyl sites for hydroxylation is 1. The summed E-state index contributed by atoms with van der Waals surface area (Å²) < 4.78 is 0. The molecule has 0 bridgehead atoms. The van der Waals surface area contributed by atoms with Gasteiger partial charge >= 0.3 is 17.1 Å². The molecular formula is C12H16CuN2O2S2. The fourth-order valence-electron chi connectivity index (χ4n) is 1.34. The monoisotopic (exact) mass is 347 g/mol. The van der Waals surface area contributed by atoms with Crippen LogP contribution in [0, 0.1) is 0 Å². The molecule has 0 aromatic heterocycles. The normalized spacial score (nSPS) is 8.47. The van der Waals surface area contributed by atoms with Crippen LogP contribution >= 0.6 is 0 Å². The van der Waals surface area contributed by atoms with Crippen LogP contribution in [0.15, 0.2) is 24.3 Å². The summed E-state index contributed by atoms with van der Waals surface area (Å²) in [4.78, 5) is 19.8. The maximum Gasteiger partial charge on any atom is 2.00 e. The van der Waals surface area contributed by atoms with Crippen LogP contribution in [0.2, 0.25) is 0 Å². The van der Waals surface area contributed by atoms with Crippen LogP contribution in [0.25, 0.3) is 0 Å². The molecule has 0 aliphatic rings. The van der Waals surface area contributed by atoms with Gasteiger partial charge < -0.3 is 45.9 Å². The van der Waals surface area contributed by atoms with E-state index in [1.165, 1.54) is 0 Å². The SMILES string of the molecule is CCCCc1ccccc1NC(=O)[S-].NC(=O)[S-].[Cu+2]. The minimum Gasteiger partial charge on any atom is -0.719 e. The van der Waals surface area contributed by atoms with E-state index in [4.69, 9.17) is 4.79 Å². The van der Waals surface area contributed by atoms with Crippen molar-refractivity contribution in [3.8, 4) is 0 Å². The molecule has 0 atom stereocenters. The molecule has 19 heavy (non-hydrogen) atoms. The number of carbonyl (C=O) groups is 2. The summed E-state index contributed by atoms with van der Waals surface area (Å²) in [6, 6.07) is 7.78. The minimum atomic E-state index is -0.750. The summed E-state index contributed by atoms with van der Waals surface area (Å²) in [5.41, 5.74) is 6.29. The zero-order valence-electron chi connectivity index (χ0n) is 10.4. The maximum absolute atomic E-state index is 10.7. The number of carbonyl (C=O) groups excluding carboxylic acids is 2. The zero-order chi connectivity index (χ0) is 14.0. The molecule has 1 radical (unpaired) electrons. The van der Waals surface area contributed by atoms with Crippen molar-refractivity contribution in [1.82, 2.24) is 0 Å². The predicted molar refractivity (Wildman–Crippen MR) is 78.4 cm³/mol. The third-order valence-electron chi connectivity index (χ3n) is 2.05. The van der Waals surface area contributed by atoms with E-state index < -0.39 is 10.5 Å². The molecule has 4 nitrogen and oxygen atoms in total. The van der Waals surface area contributed by atoms with Gasteiger partial charge in [-0.1, -0.05) is 31.5 Å². The van der Waals surface area contributed by atoms with E-state index in [9.17, 15) is 4.79 Å². The van der Waals surface area contributed by atoms with Crippen molar-refractivity contribution in [1.29, 1.82) is 0 Å². The van der Waals surface area contributed by atoms with Gasteiger partial charge in [-0.15, -0.1) is 0 Å². The number of anilines is 1. The van der Waals surface area contributed by atoms with Gasteiger partial charge in [0.25, 0.3) is 0 Å².